The van der Waals surface area contributed by atoms with E-state index in [0.717, 1.165) is 11.1 Å². The zero-order valence-corrected chi connectivity index (χ0v) is 16.5. The Morgan fingerprint density at radius 2 is 1.77 bits per heavy atom. The highest BCUT2D eigenvalue weighted by molar-refractivity contribution is 5.69. The minimum atomic E-state index is -0.835. The van der Waals surface area contributed by atoms with Gasteiger partial charge in [-0.1, -0.05) is 60.7 Å². The van der Waals surface area contributed by atoms with E-state index in [2.05, 4.69) is 0 Å². The van der Waals surface area contributed by atoms with Crippen LogP contribution in [0.2, 0.25) is 0 Å². The largest absolute Gasteiger partial charge is 0.454 e. The van der Waals surface area contributed by atoms with Gasteiger partial charge in [0.25, 0.3) is 0 Å². The summed E-state index contributed by atoms with van der Waals surface area (Å²) in [5, 5.41) is 20.3. The number of carbonyl (C=O) groups excluding carboxylic acids is 1. The SMILES string of the molecule is O=C(CCC(O)c1ccccc1)O[C@H]1[C@@H](OCc2ccccc2)O[C@H]2[C@@H]1OC[C@H]2O. The lowest BCUT2D eigenvalue weighted by atomic mass is 10.1. The third kappa shape index (κ3) is 4.88. The summed E-state index contributed by atoms with van der Waals surface area (Å²) >= 11 is 0. The Kier molecular flexibility index (Phi) is 6.76. The molecule has 2 aliphatic rings. The standard InChI is InChI=1S/C23H26O7/c24-17(16-9-5-2-6-10-16)11-12-19(26)29-22-21-20(18(25)14-27-21)30-23(22)28-13-15-7-3-1-4-8-15/h1-10,17-18,20-25H,11-14H2/t17?,18-,20-,21+,22-,23+/m1/s1. The Labute approximate surface area is 175 Å². The Morgan fingerprint density at radius 1 is 1.07 bits per heavy atom. The highest BCUT2D eigenvalue weighted by Crippen LogP contribution is 2.34. The first-order chi connectivity index (χ1) is 14.6. The lowest BCUT2D eigenvalue weighted by Crippen LogP contribution is -2.38. The molecule has 2 heterocycles. The molecular formula is C23H26O7. The Balaban J connectivity index is 1.34. The van der Waals surface area contributed by atoms with E-state index in [1.165, 1.54) is 0 Å². The minimum Gasteiger partial charge on any atom is -0.454 e. The number of carbonyl (C=O) groups is 1. The van der Waals surface area contributed by atoms with Crippen molar-refractivity contribution in [2.24, 2.45) is 0 Å². The smallest absolute Gasteiger partial charge is 0.306 e. The maximum atomic E-state index is 12.5. The van der Waals surface area contributed by atoms with Crippen LogP contribution >= 0.6 is 0 Å². The summed E-state index contributed by atoms with van der Waals surface area (Å²) in [4.78, 5) is 12.5. The van der Waals surface area contributed by atoms with Crippen LogP contribution in [0.1, 0.15) is 30.1 Å². The molecule has 0 aliphatic carbocycles. The molecule has 4 rings (SSSR count). The second-order valence-electron chi connectivity index (χ2n) is 7.55. The van der Waals surface area contributed by atoms with E-state index >= 15 is 0 Å². The average molecular weight is 414 g/mol. The number of benzene rings is 2. The summed E-state index contributed by atoms with van der Waals surface area (Å²) in [6.07, 6.45) is -4.05. The number of hydrogen-bond donors (Lipinski definition) is 2. The summed E-state index contributed by atoms with van der Waals surface area (Å²) < 4.78 is 22.9. The van der Waals surface area contributed by atoms with Crippen LogP contribution in [0.4, 0.5) is 0 Å². The zero-order chi connectivity index (χ0) is 20.9. The lowest BCUT2D eigenvalue weighted by Gasteiger charge is -2.23. The highest BCUT2D eigenvalue weighted by atomic mass is 16.7. The van der Waals surface area contributed by atoms with Crippen LogP contribution in [-0.4, -0.2) is 53.5 Å². The number of aliphatic hydroxyl groups excluding tert-OH is 2. The monoisotopic (exact) mass is 414 g/mol. The normalized spacial score (nSPS) is 28.8. The number of rotatable bonds is 8. The first kappa shape index (κ1) is 21.0. The average Bonchev–Trinajstić information content (AvgIpc) is 3.31. The van der Waals surface area contributed by atoms with Crippen LogP contribution in [-0.2, 0) is 30.3 Å². The van der Waals surface area contributed by atoms with Crippen molar-refractivity contribution < 1.29 is 34.0 Å². The van der Waals surface area contributed by atoms with Gasteiger partial charge in [-0.3, -0.25) is 4.79 Å². The fourth-order valence-corrected chi connectivity index (χ4v) is 3.77. The molecule has 2 aromatic carbocycles. The topological polar surface area (TPSA) is 94.5 Å². The molecule has 7 heteroatoms. The second-order valence-corrected chi connectivity index (χ2v) is 7.55. The number of aliphatic hydroxyl groups is 2. The molecular weight excluding hydrogens is 388 g/mol. The predicted octanol–water partition coefficient (Wildman–Crippen LogP) is 2.11. The Morgan fingerprint density at radius 3 is 2.50 bits per heavy atom. The van der Waals surface area contributed by atoms with Gasteiger partial charge >= 0.3 is 5.97 Å². The number of ether oxygens (including phenoxy) is 4. The van der Waals surface area contributed by atoms with E-state index < -0.39 is 42.8 Å². The number of fused-ring (bicyclic) bond motifs is 1. The van der Waals surface area contributed by atoms with Gasteiger partial charge < -0.3 is 29.2 Å². The quantitative estimate of drug-likeness (QED) is 0.639. The molecule has 0 amide bonds. The molecule has 2 aromatic rings. The predicted molar refractivity (Wildman–Crippen MR) is 106 cm³/mol. The lowest BCUT2D eigenvalue weighted by molar-refractivity contribution is -0.202. The molecule has 2 N–H and O–H groups in total. The fraction of sp³-hybridized carbons (Fsp3) is 0.435. The van der Waals surface area contributed by atoms with Gasteiger partial charge in [-0.15, -0.1) is 0 Å². The van der Waals surface area contributed by atoms with Crippen molar-refractivity contribution >= 4 is 5.97 Å². The zero-order valence-electron chi connectivity index (χ0n) is 16.5. The van der Waals surface area contributed by atoms with E-state index in [-0.39, 0.29) is 26.1 Å². The van der Waals surface area contributed by atoms with Gasteiger partial charge in [-0.25, -0.2) is 0 Å². The number of esters is 1. The van der Waals surface area contributed by atoms with Crippen LogP contribution < -0.4 is 0 Å². The van der Waals surface area contributed by atoms with Crippen molar-refractivity contribution in [3.8, 4) is 0 Å². The van der Waals surface area contributed by atoms with Crippen LogP contribution in [0.5, 0.6) is 0 Å². The van der Waals surface area contributed by atoms with Gasteiger partial charge in [0, 0.05) is 6.42 Å². The summed E-state index contributed by atoms with van der Waals surface area (Å²) in [7, 11) is 0. The van der Waals surface area contributed by atoms with Gasteiger partial charge in [-0.05, 0) is 17.5 Å². The van der Waals surface area contributed by atoms with Gasteiger partial charge in [0.2, 0.25) is 0 Å². The van der Waals surface area contributed by atoms with Gasteiger partial charge in [0.1, 0.15) is 18.3 Å². The molecule has 2 aliphatic heterocycles. The van der Waals surface area contributed by atoms with Crippen LogP contribution in [0.3, 0.4) is 0 Å². The van der Waals surface area contributed by atoms with Gasteiger partial charge in [0.15, 0.2) is 12.4 Å². The van der Waals surface area contributed by atoms with E-state index in [1.54, 1.807) is 0 Å². The fourth-order valence-electron chi connectivity index (χ4n) is 3.77. The Bertz CT molecular complexity index is 813. The highest BCUT2D eigenvalue weighted by Gasteiger charge is 2.54. The van der Waals surface area contributed by atoms with E-state index in [1.807, 2.05) is 60.7 Å². The summed E-state index contributed by atoms with van der Waals surface area (Å²) in [6.45, 7) is 0.406. The summed E-state index contributed by atoms with van der Waals surface area (Å²) in [5.41, 5.74) is 1.71. The summed E-state index contributed by atoms with van der Waals surface area (Å²) in [6, 6.07) is 18.7. The minimum absolute atomic E-state index is 0.0396. The van der Waals surface area contributed by atoms with Crippen molar-refractivity contribution in [1.82, 2.24) is 0 Å². The number of hydrogen-bond acceptors (Lipinski definition) is 7. The van der Waals surface area contributed by atoms with E-state index in [9.17, 15) is 15.0 Å². The molecule has 0 saturated carbocycles. The van der Waals surface area contributed by atoms with E-state index in [4.69, 9.17) is 18.9 Å². The van der Waals surface area contributed by atoms with Crippen LogP contribution in [0, 0.1) is 0 Å². The second kappa shape index (κ2) is 9.68. The molecule has 30 heavy (non-hydrogen) atoms. The summed E-state index contributed by atoms with van der Waals surface area (Å²) in [5.74, 6) is -0.475. The van der Waals surface area contributed by atoms with E-state index in [0.29, 0.717) is 0 Å². The first-order valence-corrected chi connectivity index (χ1v) is 10.1. The molecule has 0 bridgehead atoms. The molecule has 160 valence electrons. The molecule has 6 atom stereocenters. The van der Waals surface area contributed by atoms with Crippen molar-refractivity contribution in [2.45, 2.75) is 56.3 Å². The van der Waals surface area contributed by atoms with Crippen LogP contribution in [0.25, 0.3) is 0 Å². The van der Waals surface area contributed by atoms with Crippen molar-refractivity contribution in [2.75, 3.05) is 6.61 Å². The maximum Gasteiger partial charge on any atom is 0.306 e. The van der Waals surface area contributed by atoms with Crippen molar-refractivity contribution in [3.63, 3.8) is 0 Å². The molecule has 2 saturated heterocycles. The van der Waals surface area contributed by atoms with Gasteiger partial charge in [-0.2, -0.15) is 0 Å². The third-order valence-corrected chi connectivity index (χ3v) is 5.38. The van der Waals surface area contributed by atoms with Crippen molar-refractivity contribution in [1.29, 1.82) is 0 Å². The molecule has 2 fully saturated rings. The molecule has 7 nitrogen and oxygen atoms in total. The molecule has 0 radical (unpaired) electrons. The van der Waals surface area contributed by atoms with Gasteiger partial charge in [0.05, 0.1) is 19.3 Å². The molecule has 0 spiro atoms. The van der Waals surface area contributed by atoms with Crippen molar-refractivity contribution in [3.05, 3.63) is 71.8 Å². The maximum absolute atomic E-state index is 12.5. The molecule has 0 aromatic heterocycles. The first-order valence-electron chi connectivity index (χ1n) is 10.1. The van der Waals surface area contributed by atoms with Crippen LogP contribution in [0.15, 0.2) is 60.7 Å². The molecule has 1 unspecified atom stereocenters. The Hall–Kier alpha value is -2.29. The third-order valence-electron chi connectivity index (χ3n) is 5.38.